The van der Waals surface area contributed by atoms with Crippen molar-refractivity contribution in [2.75, 3.05) is 0 Å². The van der Waals surface area contributed by atoms with Crippen molar-refractivity contribution >= 4 is 11.3 Å². The minimum absolute atomic E-state index is 0.925. The van der Waals surface area contributed by atoms with Gasteiger partial charge in [-0.3, -0.25) is 0 Å². The number of nitrogens with zero attached hydrogens (tertiary/aromatic N) is 2. The zero-order chi connectivity index (χ0) is 7.68. The summed E-state index contributed by atoms with van der Waals surface area (Å²) in [6.07, 6.45) is 3.38. The molecule has 54 valence electrons. The van der Waals surface area contributed by atoms with Crippen molar-refractivity contribution in [3.05, 3.63) is 36.4 Å². The van der Waals surface area contributed by atoms with Gasteiger partial charge in [0.25, 0.3) is 0 Å². The molecule has 0 aliphatic carbocycles. The lowest BCUT2D eigenvalue weighted by molar-refractivity contribution is 1.06. The molecule has 0 atom stereocenters. The van der Waals surface area contributed by atoms with Crippen LogP contribution < -0.4 is 0 Å². The van der Waals surface area contributed by atoms with Gasteiger partial charge in [0.1, 0.15) is 0 Å². The van der Waals surface area contributed by atoms with Gasteiger partial charge in [-0.15, -0.1) is 0 Å². The molecule has 2 nitrogen and oxygen atoms in total. The predicted octanol–water partition coefficient (Wildman–Crippen LogP) is 2.13. The van der Waals surface area contributed by atoms with E-state index in [9.17, 15) is 0 Å². The van der Waals surface area contributed by atoms with Crippen LogP contribution in [0.4, 0.5) is 0 Å². The minimum atomic E-state index is 0.925. The molecule has 2 rings (SSSR count). The Morgan fingerprint density at radius 3 is 3.00 bits per heavy atom. The number of thiophene rings is 1. The summed E-state index contributed by atoms with van der Waals surface area (Å²) in [5.41, 5.74) is 2.05. The Labute approximate surface area is 69.1 Å². The summed E-state index contributed by atoms with van der Waals surface area (Å²) < 4.78 is 1.45. The Bertz CT molecular complexity index is 335. The third-order valence-electron chi connectivity index (χ3n) is 1.42. The first-order valence-electron chi connectivity index (χ1n) is 3.18. The van der Waals surface area contributed by atoms with E-state index in [-0.39, 0.29) is 0 Å². The predicted molar refractivity (Wildman–Crippen MR) is 45.2 cm³/mol. The number of hydrogen-bond donors (Lipinski definition) is 0. The van der Waals surface area contributed by atoms with Crippen LogP contribution in [0.5, 0.6) is 0 Å². The molecule has 0 fully saturated rings. The van der Waals surface area contributed by atoms with Crippen molar-refractivity contribution in [3.63, 3.8) is 0 Å². The second-order valence-corrected chi connectivity index (χ2v) is 3.00. The van der Waals surface area contributed by atoms with Gasteiger partial charge >= 0.3 is 0 Å². The van der Waals surface area contributed by atoms with Crippen LogP contribution in [0.15, 0.2) is 29.4 Å². The zero-order valence-electron chi connectivity index (χ0n) is 5.77. The van der Waals surface area contributed by atoms with Crippen molar-refractivity contribution in [1.29, 1.82) is 0 Å². The lowest BCUT2D eigenvalue weighted by atomic mass is 10.3. The van der Waals surface area contributed by atoms with Crippen molar-refractivity contribution in [3.8, 4) is 11.3 Å². The van der Waals surface area contributed by atoms with Gasteiger partial charge in [-0.05, 0) is 11.4 Å². The number of aromatic nitrogens is 2. The van der Waals surface area contributed by atoms with Gasteiger partial charge in [0.2, 0.25) is 0 Å². The van der Waals surface area contributed by atoms with Crippen LogP contribution >= 0.6 is 11.3 Å². The van der Waals surface area contributed by atoms with E-state index < -0.39 is 0 Å². The van der Waals surface area contributed by atoms with Crippen molar-refractivity contribution in [2.24, 2.45) is 0 Å². The molecule has 0 amide bonds. The normalized spacial score (nSPS) is 10.3. The van der Waals surface area contributed by atoms with Crippen LogP contribution in [0, 0.1) is 7.05 Å². The Morgan fingerprint density at radius 2 is 2.45 bits per heavy atom. The Kier molecular flexibility index (Phi) is 1.51. The highest BCUT2D eigenvalue weighted by molar-refractivity contribution is 7.08. The highest BCUT2D eigenvalue weighted by atomic mass is 32.1. The highest BCUT2D eigenvalue weighted by Gasteiger charge is 1.99. The van der Waals surface area contributed by atoms with E-state index in [0.29, 0.717) is 0 Å². The molecule has 0 aliphatic heterocycles. The largest absolute Gasteiger partial charge is 0.329 e. The standard InChI is InChI=1S/C8H6N2S/c1-10-4-8(9-6-10)7-2-3-11-5-7/h1-6H. The Hall–Kier alpha value is -1.09. The molecule has 0 unspecified atom stereocenters. The first-order valence-corrected chi connectivity index (χ1v) is 4.12. The van der Waals surface area contributed by atoms with Gasteiger partial charge < -0.3 is 4.57 Å². The molecule has 0 saturated heterocycles. The lowest BCUT2D eigenvalue weighted by Gasteiger charge is -1.85. The molecule has 0 N–H and O–H groups in total. The molecular weight excluding hydrogens is 156 g/mol. The summed E-state index contributed by atoms with van der Waals surface area (Å²) >= 11 is 1.65. The maximum absolute atomic E-state index is 5.44. The number of rotatable bonds is 1. The van der Waals surface area contributed by atoms with Crippen LogP contribution in [0.1, 0.15) is 0 Å². The molecule has 0 aliphatic rings. The summed E-state index contributed by atoms with van der Waals surface area (Å²) in [5.74, 6) is 0. The van der Waals surface area contributed by atoms with Gasteiger partial charge in [0, 0.05) is 17.1 Å². The van der Waals surface area contributed by atoms with Gasteiger partial charge in [0.15, 0.2) is 0 Å². The number of imidazole rings is 1. The van der Waals surface area contributed by atoms with E-state index in [1.807, 2.05) is 16.8 Å². The van der Waals surface area contributed by atoms with Crippen molar-refractivity contribution < 1.29 is 0 Å². The summed E-state index contributed by atoms with van der Waals surface area (Å²) in [6.45, 7) is 0. The molecule has 0 saturated carbocycles. The van der Waals surface area contributed by atoms with Crippen LogP contribution in [0.2, 0.25) is 0 Å². The average molecular weight is 162 g/mol. The van der Waals surface area contributed by atoms with Gasteiger partial charge in [-0.25, -0.2) is 4.98 Å². The van der Waals surface area contributed by atoms with E-state index in [1.165, 1.54) is 4.57 Å². The van der Waals surface area contributed by atoms with Crippen LogP contribution in [-0.4, -0.2) is 9.55 Å². The molecule has 3 heteroatoms. The minimum Gasteiger partial charge on any atom is -0.329 e. The zero-order valence-corrected chi connectivity index (χ0v) is 6.58. The van der Waals surface area contributed by atoms with Gasteiger partial charge in [-0.1, -0.05) is 0 Å². The molecule has 2 radical (unpaired) electrons. The first kappa shape index (κ1) is 6.61. The van der Waals surface area contributed by atoms with E-state index in [0.717, 1.165) is 11.3 Å². The molecule has 2 aromatic heterocycles. The summed E-state index contributed by atoms with van der Waals surface area (Å²) in [5, 5.41) is 4.06. The van der Waals surface area contributed by atoms with E-state index >= 15 is 0 Å². The maximum Gasteiger partial charge on any atom is 0.0957 e. The van der Waals surface area contributed by atoms with E-state index in [2.05, 4.69) is 4.98 Å². The SMILES string of the molecule is [CH]n1cnc(-c2ccsc2)c1. The van der Waals surface area contributed by atoms with Gasteiger partial charge in [0.05, 0.1) is 19.1 Å². The van der Waals surface area contributed by atoms with Crippen LogP contribution in [0.25, 0.3) is 11.3 Å². The fourth-order valence-electron chi connectivity index (χ4n) is 0.896. The molecule has 0 aromatic carbocycles. The molecule has 11 heavy (non-hydrogen) atoms. The fourth-order valence-corrected chi connectivity index (χ4v) is 1.55. The van der Waals surface area contributed by atoms with Gasteiger partial charge in [-0.2, -0.15) is 11.3 Å². The Morgan fingerprint density at radius 1 is 1.55 bits per heavy atom. The molecule has 0 bridgehead atoms. The second-order valence-electron chi connectivity index (χ2n) is 2.22. The second kappa shape index (κ2) is 2.51. The lowest BCUT2D eigenvalue weighted by Crippen LogP contribution is -1.73. The molecular formula is C8H6N2S. The summed E-state index contributed by atoms with van der Waals surface area (Å²) in [4.78, 5) is 4.10. The molecule has 2 aromatic rings. The third kappa shape index (κ3) is 1.19. The highest BCUT2D eigenvalue weighted by Crippen LogP contribution is 2.19. The smallest absolute Gasteiger partial charge is 0.0957 e. The monoisotopic (exact) mass is 162 g/mol. The third-order valence-corrected chi connectivity index (χ3v) is 2.10. The molecule has 0 spiro atoms. The van der Waals surface area contributed by atoms with E-state index in [4.69, 9.17) is 7.05 Å². The maximum atomic E-state index is 5.44. The van der Waals surface area contributed by atoms with E-state index in [1.54, 1.807) is 23.9 Å². The number of hydrogen-bond acceptors (Lipinski definition) is 2. The summed E-state index contributed by atoms with van der Waals surface area (Å²) in [6, 6.07) is 2.02. The topological polar surface area (TPSA) is 17.8 Å². The van der Waals surface area contributed by atoms with Crippen LogP contribution in [0.3, 0.4) is 0 Å². The van der Waals surface area contributed by atoms with Crippen molar-refractivity contribution in [1.82, 2.24) is 9.55 Å². The fraction of sp³-hybridized carbons (Fsp3) is 0. The van der Waals surface area contributed by atoms with Crippen LogP contribution in [-0.2, 0) is 0 Å². The average Bonchev–Trinajstić information content (AvgIpc) is 2.55. The molecule has 2 heterocycles. The summed E-state index contributed by atoms with van der Waals surface area (Å²) in [7, 11) is 5.44. The first-order chi connectivity index (χ1) is 5.36. The quantitative estimate of drug-likeness (QED) is 0.628. The Balaban J connectivity index is 2.45. The van der Waals surface area contributed by atoms with Crippen molar-refractivity contribution in [2.45, 2.75) is 0 Å².